The lowest BCUT2D eigenvalue weighted by Crippen LogP contribution is -2.28. The zero-order chi connectivity index (χ0) is 31.2. The van der Waals surface area contributed by atoms with E-state index in [4.69, 9.17) is 14.2 Å². The Kier molecular flexibility index (Phi) is 8.31. The average Bonchev–Trinajstić information content (AvgIpc) is 3.65. The SMILES string of the molecule is COc1ccccc1CNC(=O)Nc1nc2ccc(Oc3ccc4nc(NC(=O)NCc5ccccc5OC)[nH]c4c3)cc2[nH]1. The molecular weight excluding hydrogens is 576 g/mol. The van der Waals surface area contributed by atoms with Crippen LogP contribution in [0.25, 0.3) is 22.1 Å². The minimum atomic E-state index is -0.410. The second-order valence-corrected chi connectivity index (χ2v) is 9.87. The maximum absolute atomic E-state index is 12.5. The van der Waals surface area contributed by atoms with E-state index < -0.39 is 12.1 Å². The van der Waals surface area contributed by atoms with E-state index in [0.717, 1.165) is 11.1 Å². The van der Waals surface area contributed by atoms with Crippen LogP contribution in [-0.4, -0.2) is 46.2 Å². The first-order valence-corrected chi connectivity index (χ1v) is 14.0. The average molecular weight is 607 g/mol. The van der Waals surface area contributed by atoms with Crippen molar-refractivity contribution in [3.63, 3.8) is 0 Å². The number of benzene rings is 4. The number of hydrogen-bond donors (Lipinski definition) is 6. The fourth-order valence-electron chi connectivity index (χ4n) is 4.71. The Morgan fingerprint density at radius 2 is 1.09 bits per heavy atom. The first-order chi connectivity index (χ1) is 22.0. The summed E-state index contributed by atoms with van der Waals surface area (Å²) in [5, 5.41) is 11.0. The van der Waals surface area contributed by atoms with Crippen LogP contribution >= 0.6 is 0 Å². The maximum atomic E-state index is 12.5. The third-order valence-corrected chi connectivity index (χ3v) is 6.87. The number of aromatic nitrogens is 4. The van der Waals surface area contributed by atoms with E-state index >= 15 is 0 Å². The number of H-pyrrole nitrogens is 2. The number of methoxy groups -OCH3 is 2. The van der Waals surface area contributed by atoms with Crippen molar-refractivity contribution in [2.24, 2.45) is 0 Å². The summed E-state index contributed by atoms with van der Waals surface area (Å²) in [6, 6.07) is 24.8. The van der Waals surface area contributed by atoms with Crippen LogP contribution < -0.4 is 35.5 Å². The van der Waals surface area contributed by atoms with Crippen molar-refractivity contribution < 1.29 is 23.8 Å². The van der Waals surface area contributed by atoms with Crippen molar-refractivity contribution in [1.29, 1.82) is 0 Å². The molecule has 4 amide bonds. The van der Waals surface area contributed by atoms with Gasteiger partial charge in [-0.05, 0) is 36.4 Å². The summed E-state index contributed by atoms with van der Waals surface area (Å²) in [4.78, 5) is 40.0. The fourth-order valence-corrected chi connectivity index (χ4v) is 4.71. The van der Waals surface area contributed by atoms with Crippen LogP contribution in [-0.2, 0) is 13.1 Å². The van der Waals surface area contributed by atoms with E-state index in [0.29, 0.717) is 70.1 Å². The molecule has 228 valence electrons. The first kappa shape index (κ1) is 28.9. The maximum Gasteiger partial charge on any atom is 0.321 e. The molecule has 6 aromatic rings. The molecule has 0 fully saturated rings. The normalized spacial score (nSPS) is 10.8. The number of amides is 4. The summed E-state index contributed by atoms with van der Waals surface area (Å²) >= 11 is 0. The highest BCUT2D eigenvalue weighted by Crippen LogP contribution is 2.28. The van der Waals surface area contributed by atoms with Gasteiger partial charge in [0.1, 0.15) is 23.0 Å². The topological polar surface area (TPSA) is 167 Å². The molecule has 0 aliphatic heterocycles. The van der Waals surface area contributed by atoms with Gasteiger partial charge in [0.25, 0.3) is 0 Å². The smallest absolute Gasteiger partial charge is 0.321 e. The molecule has 0 spiro atoms. The molecule has 45 heavy (non-hydrogen) atoms. The van der Waals surface area contributed by atoms with Gasteiger partial charge in [-0.3, -0.25) is 10.6 Å². The molecule has 13 nitrogen and oxygen atoms in total. The molecule has 0 saturated carbocycles. The third-order valence-electron chi connectivity index (χ3n) is 6.87. The lowest BCUT2D eigenvalue weighted by atomic mass is 10.2. The minimum absolute atomic E-state index is 0.295. The highest BCUT2D eigenvalue weighted by Gasteiger charge is 2.12. The molecule has 2 heterocycles. The largest absolute Gasteiger partial charge is 0.496 e. The summed E-state index contributed by atoms with van der Waals surface area (Å²) < 4.78 is 16.7. The van der Waals surface area contributed by atoms with Gasteiger partial charge in [-0.1, -0.05) is 36.4 Å². The number of nitrogens with one attached hydrogen (secondary N) is 6. The van der Waals surface area contributed by atoms with Crippen molar-refractivity contribution in [2.45, 2.75) is 13.1 Å². The molecule has 0 unspecified atom stereocenters. The number of aromatic amines is 2. The van der Waals surface area contributed by atoms with E-state index in [1.807, 2.05) is 48.5 Å². The Labute approximate surface area is 257 Å². The van der Waals surface area contributed by atoms with Crippen LogP contribution in [0.2, 0.25) is 0 Å². The standard InChI is InChI=1S/C32H30N8O5/c1-43-27-9-5-3-7-19(27)17-33-31(41)39-29-35-23-13-11-21(15-25(23)37-29)45-22-12-14-24-26(16-22)38-30(36-24)40-32(42)34-18-20-8-4-6-10-28(20)44-2/h3-16H,17-18H2,1-2H3,(H3,33,35,37,39,41)(H3,34,36,38,40,42). The van der Waals surface area contributed by atoms with Gasteiger partial charge in [-0.25, -0.2) is 19.6 Å². The highest BCUT2D eigenvalue weighted by atomic mass is 16.5. The number of fused-ring (bicyclic) bond motifs is 2. The number of rotatable bonds is 10. The van der Waals surface area contributed by atoms with Gasteiger partial charge in [0.15, 0.2) is 0 Å². The fraction of sp³-hybridized carbons (Fsp3) is 0.125. The molecule has 0 saturated heterocycles. The summed E-state index contributed by atoms with van der Waals surface area (Å²) in [6.45, 7) is 0.590. The van der Waals surface area contributed by atoms with Crippen molar-refractivity contribution in [3.8, 4) is 23.0 Å². The molecule has 0 radical (unpaired) electrons. The number of ether oxygens (including phenoxy) is 3. The highest BCUT2D eigenvalue weighted by molar-refractivity contribution is 5.91. The number of nitrogens with zero attached hydrogens (tertiary/aromatic N) is 2. The number of anilines is 2. The predicted octanol–water partition coefficient (Wildman–Crippen LogP) is 5.89. The van der Waals surface area contributed by atoms with Crippen LogP contribution in [0.1, 0.15) is 11.1 Å². The second-order valence-electron chi connectivity index (χ2n) is 9.87. The van der Waals surface area contributed by atoms with Gasteiger partial charge in [0.2, 0.25) is 11.9 Å². The van der Waals surface area contributed by atoms with Gasteiger partial charge in [-0.15, -0.1) is 0 Å². The molecule has 0 aliphatic rings. The van der Waals surface area contributed by atoms with Crippen LogP contribution in [0.5, 0.6) is 23.0 Å². The summed E-state index contributed by atoms with van der Waals surface area (Å²) in [6.07, 6.45) is 0. The summed E-state index contributed by atoms with van der Waals surface area (Å²) in [5.41, 5.74) is 4.39. The van der Waals surface area contributed by atoms with Gasteiger partial charge in [0, 0.05) is 36.3 Å². The third kappa shape index (κ3) is 6.88. The second kappa shape index (κ2) is 13.0. The Balaban J connectivity index is 1.06. The number of carbonyl (C=O) groups excluding carboxylic acids is 2. The Hall–Kier alpha value is -6.24. The van der Waals surface area contributed by atoms with Crippen molar-refractivity contribution in [3.05, 3.63) is 96.1 Å². The molecule has 0 bridgehead atoms. The van der Waals surface area contributed by atoms with E-state index in [9.17, 15) is 9.59 Å². The van der Waals surface area contributed by atoms with E-state index in [2.05, 4.69) is 41.2 Å². The Morgan fingerprint density at radius 3 is 1.53 bits per heavy atom. The van der Waals surface area contributed by atoms with Gasteiger partial charge >= 0.3 is 12.1 Å². The molecule has 0 aliphatic carbocycles. The monoisotopic (exact) mass is 606 g/mol. The molecule has 6 N–H and O–H groups in total. The van der Waals surface area contributed by atoms with Crippen LogP contribution in [0.4, 0.5) is 21.5 Å². The van der Waals surface area contributed by atoms with Gasteiger partial charge in [-0.2, -0.15) is 0 Å². The lowest BCUT2D eigenvalue weighted by Gasteiger charge is -2.09. The molecule has 2 aromatic heterocycles. The van der Waals surface area contributed by atoms with Crippen molar-refractivity contribution in [2.75, 3.05) is 24.9 Å². The number of carbonyl (C=O) groups is 2. The van der Waals surface area contributed by atoms with E-state index in [1.165, 1.54) is 0 Å². The van der Waals surface area contributed by atoms with Crippen LogP contribution in [0.3, 0.4) is 0 Å². The predicted molar refractivity (Wildman–Crippen MR) is 170 cm³/mol. The number of hydrogen-bond acceptors (Lipinski definition) is 7. The molecule has 6 rings (SSSR count). The number of imidazole rings is 2. The number of urea groups is 2. The van der Waals surface area contributed by atoms with E-state index in [-0.39, 0.29) is 0 Å². The summed E-state index contributed by atoms with van der Waals surface area (Å²) in [5.74, 6) is 3.11. The quantitative estimate of drug-likeness (QED) is 0.113. The van der Waals surface area contributed by atoms with E-state index in [1.54, 1.807) is 50.6 Å². The zero-order valence-corrected chi connectivity index (χ0v) is 24.4. The molecular formula is C32H30N8O5. The zero-order valence-electron chi connectivity index (χ0n) is 24.4. The lowest BCUT2D eigenvalue weighted by molar-refractivity contribution is 0.250. The summed E-state index contributed by atoms with van der Waals surface area (Å²) in [7, 11) is 3.17. The molecule has 13 heteroatoms. The van der Waals surface area contributed by atoms with Crippen LogP contribution in [0.15, 0.2) is 84.9 Å². The Morgan fingerprint density at radius 1 is 0.644 bits per heavy atom. The molecule has 0 atom stereocenters. The van der Waals surface area contributed by atoms with Gasteiger partial charge < -0.3 is 34.8 Å². The minimum Gasteiger partial charge on any atom is -0.496 e. The van der Waals surface area contributed by atoms with Crippen molar-refractivity contribution >= 4 is 46.0 Å². The first-order valence-electron chi connectivity index (χ1n) is 14.0. The van der Waals surface area contributed by atoms with Crippen molar-refractivity contribution in [1.82, 2.24) is 30.6 Å². The molecule has 4 aromatic carbocycles. The Bertz CT molecular complexity index is 1840. The van der Waals surface area contributed by atoms with Gasteiger partial charge in [0.05, 0.1) is 36.3 Å². The van der Waals surface area contributed by atoms with Crippen LogP contribution in [0, 0.1) is 0 Å². The number of para-hydroxylation sites is 2.